The van der Waals surface area contributed by atoms with Crippen LogP contribution in [0.25, 0.3) is 0 Å². The molecule has 5 nitrogen and oxygen atoms in total. The van der Waals surface area contributed by atoms with Crippen LogP contribution in [0.15, 0.2) is 0 Å². The second kappa shape index (κ2) is 6.66. The molecule has 5 rings (SSSR count). The molecule has 1 saturated heterocycles. The Morgan fingerprint density at radius 2 is 1.75 bits per heavy atom. The maximum atomic E-state index is 12.3. The second-order valence-corrected chi connectivity index (χ2v) is 8.69. The molecule has 0 spiro atoms. The highest BCUT2D eigenvalue weighted by molar-refractivity contribution is 5.80. The summed E-state index contributed by atoms with van der Waals surface area (Å²) in [6.45, 7) is 1.14. The average molecular weight is 335 g/mol. The van der Waals surface area contributed by atoms with Crippen molar-refractivity contribution in [3.05, 3.63) is 0 Å². The smallest absolute Gasteiger partial charge is 0.306 e. The fourth-order valence-corrected chi connectivity index (χ4v) is 6.09. The summed E-state index contributed by atoms with van der Waals surface area (Å²) in [5.74, 6) is 2.09. The predicted octanol–water partition coefficient (Wildman–Crippen LogP) is 2.43. The first-order valence-electron chi connectivity index (χ1n) is 9.64. The van der Waals surface area contributed by atoms with Gasteiger partial charge in [-0.3, -0.25) is 9.59 Å². The van der Waals surface area contributed by atoms with E-state index < -0.39 is 0 Å². The highest BCUT2D eigenvalue weighted by Crippen LogP contribution is 2.61. The number of carbonyl (C=O) groups is 2. The van der Waals surface area contributed by atoms with Gasteiger partial charge >= 0.3 is 5.97 Å². The summed E-state index contributed by atoms with van der Waals surface area (Å²) in [4.78, 5) is 24.1. The molecule has 4 aliphatic carbocycles. The topological polar surface area (TPSA) is 64.6 Å². The lowest BCUT2D eigenvalue weighted by atomic mass is 9.49. The van der Waals surface area contributed by atoms with E-state index >= 15 is 0 Å². The lowest BCUT2D eigenvalue weighted by molar-refractivity contribution is -0.155. The molecule has 0 aromatic carbocycles. The number of esters is 1. The molecule has 5 aliphatic rings. The van der Waals surface area contributed by atoms with Crippen LogP contribution in [0.1, 0.15) is 57.8 Å². The minimum atomic E-state index is -0.218. The van der Waals surface area contributed by atoms with Gasteiger partial charge in [-0.1, -0.05) is 0 Å². The van der Waals surface area contributed by atoms with Crippen molar-refractivity contribution in [3.63, 3.8) is 0 Å². The van der Waals surface area contributed by atoms with Crippen molar-refractivity contribution < 1.29 is 19.1 Å². The average Bonchev–Trinajstić information content (AvgIpc) is 3.02. The third-order valence-corrected chi connectivity index (χ3v) is 6.60. The number of nitrogens with one attached hydrogen (secondary N) is 1. The molecule has 1 N–H and O–H groups in total. The molecule has 0 unspecified atom stereocenters. The van der Waals surface area contributed by atoms with E-state index in [1.54, 1.807) is 0 Å². The molecule has 24 heavy (non-hydrogen) atoms. The standard InChI is InChI=1S/C19H29NO4/c21-17(20-11-16-2-1-3-23-16)12-24-18(22)10-19-7-13-4-14(8-19)6-15(5-13)9-19/h13-16H,1-12H2,(H,20,21)/t13?,14?,15?,16-,19?/m0/s1. The van der Waals surface area contributed by atoms with Crippen LogP contribution in [-0.4, -0.2) is 37.7 Å². The summed E-state index contributed by atoms with van der Waals surface area (Å²) in [5, 5.41) is 2.80. The number of hydrogen-bond acceptors (Lipinski definition) is 4. The summed E-state index contributed by atoms with van der Waals surface area (Å²) in [5.41, 5.74) is 0.181. The molecule has 134 valence electrons. The summed E-state index contributed by atoms with van der Waals surface area (Å²) >= 11 is 0. The Labute approximate surface area is 143 Å². The lowest BCUT2D eigenvalue weighted by Gasteiger charge is -2.56. The summed E-state index contributed by atoms with van der Waals surface area (Å²) in [6, 6.07) is 0. The van der Waals surface area contributed by atoms with Gasteiger partial charge in [-0.15, -0.1) is 0 Å². The van der Waals surface area contributed by atoms with Crippen molar-refractivity contribution in [2.24, 2.45) is 23.2 Å². The third kappa shape index (κ3) is 3.61. The van der Waals surface area contributed by atoms with Gasteiger partial charge in [0.1, 0.15) is 0 Å². The van der Waals surface area contributed by atoms with Gasteiger partial charge in [-0.25, -0.2) is 0 Å². The van der Waals surface area contributed by atoms with Crippen LogP contribution >= 0.6 is 0 Å². The van der Waals surface area contributed by atoms with E-state index in [0.717, 1.165) is 37.2 Å². The van der Waals surface area contributed by atoms with Crippen molar-refractivity contribution in [2.75, 3.05) is 19.8 Å². The van der Waals surface area contributed by atoms with Crippen molar-refractivity contribution in [2.45, 2.75) is 63.9 Å². The van der Waals surface area contributed by atoms with Crippen LogP contribution < -0.4 is 5.32 Å². The van der Waals surface area contributed by atoms with Gasteiger partial charge in [-0.2, -0.15) is 0 Å². The molecule has 0 aromatic rings. The Hall–Kier alpha value is -1.10. The number of carbonyl (C=O) groups excluding carboxylic acids is 2. The van der Waals surface area contributed by atoms with Crippen molar-refractivity contribution in [1.29, 1.82) is 0 Å². The zero-order valence-corrected chi connectivity index (χ0v) is 14.4. The van der Waals surface area contributed by atoms with Gasteiger partial charge in [0.05, 0.1) is 12.5 Å². The molecule has 5 fully saturated rings. The molecule has 1 amide bonds. The quantitative estimate of drug-likeness (QED) is 0.757. The van der Waals surface area contributed by atoms with Crippen molar-refractivity contribution in [1.82, 2.24) is 5.32 Å². The van der Waals surface area contributed by atoms with Crippen LogP contribution in [0.5, 0.6) is 0 Å². The molecule has 1 atom stereocenters. The van der Waals surface area contributed by atoms with Crippen LogP contribution in [0.3, 0.4) is 0 Å². The minimum absolute atomic E-state index is 0.122. The van der Waals surface area contributed by atoms with E-state index in [1.807, 2.05) is 0 Å². The highest BCUT2D eigenvalue weighted by atomic mass is 16.5. The summed E-state index contributed by atoms with van der Waals surface area (Å²) < 4.78 is 10.7. The summed E-state index contributed by atoms with van der Waals surface area (Å²) in [6.07, 6.45) is 10.4. The maximum absolute atomic E-state index is 12.3. The van der Waals surface area contributed by atoms with E-state index in [2.05, 4.69) is 5.32 Å². The van der Waals surface area contributed by atoms with Gasteiger partial charge in [0, 0.05) is 13.2 Å². The van der Waals surface area contributed by atoms with Crippen LogP contribution in [0.2, 0.25) is 0 Å². The van der Waals surface area contributed by atoms with Gasteiger partial charge in [-0.05, 0) is 74.5 Å². The van der Waals surface area contributed by atoms with Crippen LogP contribution in [0, 0.1) is 23.2 Å². The fourth-order valence-electron chi connectivity index (χ4n) is 6.09. The molecule has 1 aliphatic heterocycles. The Bertz CT molecular complexity index is 462. The molecule has 0 aromatic heterocycles. The van der Waals surface area contributed by atoms with Crippen LogP contribution in [0.4, 0.5) is 0 Å². The fraction of sp³-hybridized carbons (Fsp3) is 0.895. The maximum Gasteiger partial charge on any atom is 0.306 e. The number of rotatable bonds is 6. The zero-order chi connectivity index (χ0) is 16.6. The highest BCUT2D eigenvalue weighted by Gasteiger charge is 2.51. The molecule has 0 radical (unpaired) electrons. The summed E-state index contributed by atoms with van der Waals surface area (Å²) in [7, 11) is 0. The monoisotopic (exact) mass is 335 g/mol. The Morgan fingerprint density at radius 3 is 2.33 bits per heavy atom. The van der Waals surface area contributed by atoms with Gasteiger partial charge < -0.3 is 14.8 Å². The molecule has 1 heterocycles. The van der Waals surface area contributed by atoms with Gasteiger partial charge in [0.15, 0.2) is 6.61 Å². The number of hydrogen-bond donors (Lipinski definition) is 1. The second-order valence-electron chi connectivity index (χ2n) is 8.69. The molecular weight excluding hydrogens is 306 g/mol. The number of amides is 1. The molecule has 4 saturated carbocycles. The Balaban J connectivity index is 1.20. The molecular formula is C19H29NO4. The van der Waals surface area contributed by atoms with E-state index in [0.29, 0.717) is 13.0 Å². The van der Waals surface area contributed by atoms with E-state index in [1.165, 1.54) is 38.5 Å². The number of ether oxygens (including phenoxy) is 2. The normalized spacial score (nSPS) is 39.8. The van der Waals surface area contributed by atoms with E-state index in [9.17, 15) is 9.59 Å². The first-order chi connectivity index (χ1) is 11.6. The van der Waals surface area contributed by atoms with Crippen molar-refractivity contribution in [3.8, 4) is 0 Å². The van der Waals surface area contributed by atoms with Crippen LogP contribution in [-0.2, 0) is 19.1 Å². The SMILES string of the molecule is O=C(COC(=O)CC12CC3CC(CC(C3)C1)C2)NC[C@@H]1CCCO1. The first kappa shape index (κ1) is 16.4. The third-order valence-electron chi connectivity index (χ3n) is 6.60. The zero-order valence-electron chi connectivity index (χ0n) is 14.4. The predicted molar refractivity (Wildman–Crippen MR) is 88.2 cm³/mol. The Morgan fingerprint density at radius 1 is 1.08 bits per heavy atom. The minimum Gasteiger partial charge on any atom is -0.456 e. The lowest BCUT2D eigenvalue weighted by Crippen LogP contribution is -2.47. The molecule has 5 heteroatoms. The first-order valence-corrected chi connectivity index (χ1v) is 9.64. The van der Waals surface area contributed by atoms with Gasteiger partial charge in [0.25, 0.3) is 5.91 Å². The largest absolute Gasteiger partial charge is 0.456 e. The Kier molecular flexibility index (Phi) is 4.54. The van der Waals surface area contributed by atoms with Gasteiger partial charge in [0.2, 0.25) is 0 Å². The van der Waals surface area contributed by atoms with Crippen molar-refractivity contribution >= 4 is 11.9 Å². The molecule has 4 bridgehead atoms. The van der Waals surface area contributed by atoms with E-state index in [4.69, 9.17) is 9.47 Å². The van der Waals surface area contributed by atoms with E-state index in [-0.39, 0.29) is 30.0 Å².